The molecule has 0 aliphatic carbocycles. The topological polar surface area (TPSA) is 88.0 Å². The molecule has 0 heterocycles. The van der Waals surface area contributed by atoms with E-state index in [0.717, 1.165) is 5.56 Å². The van der Waals surface area contributed by atoms with Gasteiger partial charge in [-0.3, -0.25) is 0 Å². The van der Waals surface area contributed by atoms with Crippen LogP contribution in [0.1, 0.15) is 31.1 Å². The summed E-state index contributed by atoms with van der Waals surface area (Å²) in [4.78, 5) is 11.7. The van der Waals surface area contributed by atoms with Crippen molar-refractivity contribution in [2.45, 2.75) is 32.7 Å². The molecule has 2 aromatic rings. The number of alkyl carbamates (subject to hydrolysis) is 1. The third-order valence-electron chi connectivity index (χ3n) is 3.84. The fourth-order valence-corrected chi connectivity index (χ4v) is 2.32. The Hall–Kier alpha value is -2.57. The number of ether oxygens (including phenoxy) is 2. The molecule has 0 aliphatic heterocycles. The number of hydrogen-bond donors (Lipinski definition) is 3. The standard InChI is InChI=1S/C21H27NO5/c1-15(2)13-26-18-10-8-17(9-11-18)20(24)19(23)12-22-21(25)27-14-16-6-4-3-5-7-16/h3-11,15,19-20,23-24H,12-14H2,1-2H3,(H,22,25). The summed E-state index contributed by atoms with van der Waals surface area (Å²) in [6.45, 7) is 4.75. The first kappa shape index (κ1) is 20.7. The zero-order chi connectivity index (χ0) is 19.6. The predicted molar refractivity (Wildman–Crippen MR) is 102 cm³/mol. The predicted octanol–water partition coefficient (Wildman–Crippen LogP) is 3.04. The molecule has 0 radical (unpaired) electrons. The molecular formula is C21H27NO5. The van der Waals surface area contributed by atoms with Gasteiger partial charge in [0.1, 0.15) is 24.6 Å². The van der Waals surface area contributed by atoms with E-state index in [1.165, 1.54) is 0 Å². The number of carbonyl (C=O) groups is 1. The first-order valence-corrected chi connectivity index (χ1v) is 8.99. The number of hydrogen-bond acceptors (Lipinski definition) is 5. The SMILES string of the molecule is CC(C)COc1ccc(C(O)C(O)CNC(=O)OCc2ccccc2)cc1. The summed E-state index contributed by atoms with van der Waals surface area (Å²) >= 11 is 0. The van der Waals surface area contributed by atoms with Gasteiger partial charge in [0, 0.05) is 6.54 Å². The molecule has 2 rings (SSSR count). The molecule has 27 heavy (non-hydrogen) atoms. The van der Waals surface area contributed by atoms with Crippen LogP contribution in [0.5, 0.6) is 5.75 Å². The molecule has 2 unspecified atom stereocenters. The third kappa shape index (κ3) is 7.29. The van der Waals surface area contributed by atoms with Gasteiger partial charge in [-0.05, 0) is 29.2 Å². The highest BCUT2D eigenvalue weighted by atomic mass is 16.5. The molecular weight excluding hydrogens is 346 g/mol. The summed E-state index contributed by atoms with van der Waals surface area (Å²) in [5.41, 5.74) is 1.41. The van der Waals surface area contributed by atoms with Crippen LogP contribution in [0.15, 0.2) is 54.6 Å². The second-order valence-electron chi connectivity index (χ2n) is 6.73. The van der Waals surface area contributed by atoms with Crippen LogP contribution in [0.4, 0.5) is 4.79 Å². The van der Waals surface area contributed by atoms with Crippen LogP contribution in [0.25, 0.3) is 0 Å². The van der Waals surface area contributed by atoms with Gasteiger partial charge in [-0.2, -0.15) is 0 Å². The number of carbonyl (C=O) groups excluding carboxylic acids is 1. The largest absolute Gasteiger partial charge is 0.493 e. The zero-order valence-corrected chi connectivity index (χ0v) is 15.7. The Kier molecular flexibility index (Phi) is 8.10. The van der Waals surface area contributed by atoms with Crippen LogP contribution in [0, 0.1) is 5.92 Å². The number of rotatable bonds is 9. The van der Waals surface area contributed by atoms with Gasteiger partial charge < -0.3 is 25.0 Å². The van der Waals surface area contributed by atoms with E-state index in [2.05, 4.69) is 19.2 Å². The third-order valence-corrected chi connectivity index (χ3v) is 3.84. The van der Waals surface area contributed by atoms with Crippen molar-refractivity contribution in [1.82, 2.24) is 5.32 Å². The molecule has 146 valence electrons. The van der Waals surface area contributed by atoms with Gasteiger partial charge in [-0.15, -0.1) is 0 Å². The van der Waals surface area contributed by atoms with Crippen molar-refractivity contribution < 1.29 is 24.5 Å². The molecule has 6 nitrogen and oxygen atoms in total. The molecule has 6 heteroatoms. The summed E-state index contributed by atoms with van der Waals surface area (Å²) in [6.07, 6.45) is -2.93. The summed E-state index contributed by atoms with van der Waals surface area (Å²) in [5.74, 6) is 1.13. The fourth-order valence-electron chi connectivity index (χ4n) is 2.32. The lowest BCUT2D eigenvalue weighted by atomic mass is 10.0. The molecule has 2 atom stereocenters. The number of amides is 1. The van der Waals surface area contributed by atoms with Crippen molar-refractivity contribution >= 4 is 6.09 Å². The van der Waals surface area contributed by atoms with Crippen LogP contribution in [-0.4, -0.2) is 35.6 Å². The second kappa shape index (κ2) is 10.5. The minimum absolute atomic E-state index is 0.125. The van der Waals surface area contributed by atoms with Crippen molar-refractivity contribution in [3.63, 3.8) is 0 Å². The monoisotopic (exact) mass is 373 g/mol. The Balaban J connectivity index is 1.75. The lowest BCUT2D eigenvalue weighted by molar-refractivity contribution is 0.0184. The average Bonchev–Trinajstić information content (AvgIpc) is 2.69. The maximum Gasteiger partial charge on any atom is 0.407 e. The number of nitrogens with one attached hydrogen (secondary N) is 1. The van der Waals surface area contributed by atoms with Gasteiger partial charge in [-0.25, -0.2) is 4.79 Å². The molecule has 0 aliphatic rings. The highest BCUT2D eigenvalue weighted by molar-refractivity contribution is 5.67. The number of aliphatic hydroxyl groups excluding tert-OH is 2. The Morgan fingerprint density at radius 3 is 2.33 bits per heavy atom. The zero-order valence-electron chi connectivity index (χ0n) is 15.7. The first-order chi connectivity index (χ1) is 13.0. The molecule has 0 aromatic heterocycles. The Labute approximate surface area is 159 Å². The van der Waals surface area contributed by atoms with Crippen molar-refractivity contribution in [3.8, 4) is 5.75 Å². The summed E-state index contributed by atoms with van der Waals surface area (Å²) in [7, 11) is 0. The molecule has 0 fully saturated rings. The van der Waals surface area contributed by atoms with Gasteiger partial charge in [-0.1, -0.05) is 56.3 Å². The minimum Gasteiger partial charge on any atom is -0.493 e. The summed E-state index contributed by atoms with van der Waals surface area (Å²) in [5, 5.41) is 22.8. The lowest BCUT2D eigenvalue weighted by Crippen LogP contribution is -2.35. The Morgan fingerprint density at radius 2 is 1.70 bits per heavy atom. The van der Waals surface area contributed by atoms with E-state index in [0.29, 0.717) is 23.8 Å². The molecule has 1 amide bonds. The van der Waals surface area contributed by atoms with Crippen molar-refractivity contribution in [2.24, 2.45) is 5.92 Å². The van der Waals surface area contributed by atoms with Crippen LogP contribution in [0.2, 0.25) is 0 Å². The second-order valence-corrected chi connectivity index (χ2v) is 6.73. The summed E-state index contributed by atoms with van der Waals surface area (Å²) < 4.78 is 10.7. The highest BCUT2D eigenvalue weighted by Gasteiger charge is 2.19. The van der Waals surface area contributed by atoms with Crippen LogP contribution in [0.3, 0.4) is 0 Å². The van der Waals surface area contributed by atoms with E-state index < -0.39 is 18.3 Å². The lowest BCUT2D eigenvalue weighted by Gasteiger charge is -2.19. The summed E-state index contributed by atoms with van der Waals surface area (Å²) in [6, 6.07) is 16.2. The average molecular weight is 373 g/mol. The van der Waals surface area contributed by atoms with Gasteiger partial charge in [0.15, 0.2) is 0 Å². The quantitative estimate of drug-likeness (QED) is 0.629. The van der Waals surface area contributed by atoms with Gasteiger partial charge in [0.05, 0.1) is 6.61 Å². The van der Waals surface area contributed by atoms with Gasteiger partial charge >= 0.3 is 6.09 Å². The van der Waals surface area contributed by atoms with Crippen LogP contribution >= 0.6 is 0 Å². The highest BCUT2D eigenvalue weighted by Crippen LogP contribution is 2.20. The van der Waals surface area contributed by atoms with Crippen molar-refractivity contribution in [2.75, 3.05) is 13.2 Å². The van der Waals surface area contributed by atoms with Crippen molar-refractivity contribution in [1.29, 1.82) is 0 Å². The molecule has 0 spiro atoms. The maximum atomic E-state index is 11.7. The van der Waals surface area contributed by atoms with Gasteiger partial charge in [0.25, 0.3) is 0 Å². The maximum absolute atomic E-state index is 11.7. The van der Waals surface area contributed by atoms with E-state index in [4.69, 9.17) is 9.47 Å². The van der Waals surface area contributed by atoms with Crippen molar-refractivity contribution in [3.05, 3.63) is 65.7 Å². The molecule has 0 saturated heterocycles. The molecule has 0 bridgehead atoms. The number of aliphatic hydroxyl groups is 2. The van der Waals surface area contributed by atoms with E-state index in [-0.39, 0.29) is 13.2 Å². The Bertz CT molecular complexity index is 687. The van der Waals surface area contributed by atoms with Gasteiger partial charge in [0.2, 0.25) is 0 Å². The van der Waals surface area contributed by atoms with E-state index >= 15 is 0 Å². The number of benzene rings is 2. The smallest absolute Gasteiger partial charge is 0.407 e. The molecule has 0 saturated carbocycles. The minimum atomic E-state index is -1.16. The fraction of sp³-hybridized carbons (Fsp3) is 0.381. The Morgan fingerprint density at radius 1 is 1.04 bits per heavy atom. The van der Waals surface area contributed by atoms with E-state index in [1.54, 1.807) is 24.3 Å². The van der Waals surface area contributed by atoms with Crippen LogP contribution in [-0.2, 0) is 11.3 Å². The first-order valence-electron chi connectivity index (χ1n) is 8.99. The van der Waals surface area contributed by atoms with Crippen LogP contribution < -0.4 is 10.1 Å². The van der Waals surface area contributed by atoms with E-state index in [9.17, 15) is 15.0 Å². The van der Waals surface area contributed by atoms with E-state index in [1.807, 2.05) is 30.3 Å². The molecule has 3 N–H and O–H groups in total. The molecule has 2 aromatic carbocycles. The normalized spacial score (nSPS) is 13.1.